The molecule has 0 atom stereocenters. The van der Waals surface area contributed by atoms with Gasteiger partial charge in [-0.15, -0.1) is 0 Å². The lowest BCUT2D eigenvalue weighted by Crippen LogP contribution is -2.06. The van der Waals surface area contributed by atoms with Crippen molar-refractivity contribution in [1.82, 2.24) is 0 Å². The first-order chi connectivity index (χ1) is 11.2. The molecule has 0 aliphatic carbocycles. The zero-order valence-electron chi connectivity index (χ0n) is 16.6. The molecule has 0 bridgehead atoms. The molecule has 0 aromatic heterocycles. The molecule has 0 heteroatoms. The summed E-state index contributed by atoms with van der Waals surface area (Å²) in [6.07, 6.45) is 4.92. The van der Waals surface area contributed by atoms with E-state index in [2.05, 4.69) is 102 Å². The summed E-state index contributed by atoms with van der Waals surface area (Å²) in [7, 11) is 0. The normalized spacial score (nSPS) is 11.6. The fraction of sp³-hybridized carbons (Fsp3) is 0.500. The van der Waals surface area contributed by atoms with E-state index in [1.807, 2.05) is 0 Å². The Morgan fingerprint density at radius 1 is 0.500 bits per heavy atom. The molecule has 0 nitrogen and oxygen atoms in total. The molecule has 0 aliphatic rings. The van der Waals surface area contributed by atoms with Crippen molar-refractivity contribution < 1.29 is 0 Å². The molecule has 0 saturated carbocycles. The van der Waals surface area contributed by atoms with Crippen molar-refractivity contribution in [3.8, 4) is 0 Å². The molecule has 0 spiro atoms. The smallest absolute Gasteiger partial charge is 0.0274 e. The third kappa shape index (κ3) is 11.0. The maximum absolute atomic E-state index is 2.29. The second kappa shape index (κ2) is 9.67. The van der Waals surface area contributed by atoms with Crippen LogP contribution in [0.25, 0.3) is 0 Å². The molecule has 2 aromatic rings. The predicted molar refractivity (Wildman–Crippen MR) is 108 cm³/mol. The number of hydrogen-bond donors (Lipinski definition) is 0. The van der Waals surface area contributed by atoms with Gasteiger partial charge in [0.25, 0.3) is 0 Å². The van der Waals surface area contributed by atoms with Gasteiger partial charge in [0.1, 0.15) is 0 Å². The van der Waals surface area contributed by atoms with E-state index in [4.69, 9.17) is 0 Å². The Morgan fingerprint density at radius 3 is 1.04 bits per heavy atom. The molecule has 132 valence electrons. The SMILES string of the molecule is CC(C)(C)CCc1ccccc1.CC(C)(C)CCc1ccccc1. The Morgan fingerprint density at radius 2 is 0.792 bits per heavy atom. The van der Waals surface area contributed by atoms with Crippen LogP contribution in [0.3, 0.4) is 0 Å². The molecule has 24 heavy (non-hydrogen) atoms. The minimum atomic E-state index is 0.454. The summed E-state index contributed by atoms with van der Waals surface area (Å²) in [4.78, 5) is 0. The Labute approximate surface area is 150 Å². The van der Waals surface area contributed by atoms with Gasteiger partial charge in [-0.25, -0.2) is 0 Å². The summed E-state index contributed by atoms with van der Waals surface area (Å²) < 4.78 is 0. The zero-order chi connectivity index (χ0) is 18.1. The van der Waals surface area contributed by atoms with Crippen molar-refractivity contribution >= 4 is 0 Å². The monoisotopic (exact) mass is 324 g/mol. The van der Waals surface area contributed by atoms with E-state index in [9.17, 15) is 0 Å². The Hall–Kier alpha value is -1.56. The van der Waals surface area contributed by atoms with Crippen LogP contribution in [0.2, 0.25) is 0 Å². The van der Waals surface area contributed by atoms with Gasteiger partial charge in [-0.1, -0.05) is 102 Å². The fourth-order valence-corrected chi connectivity index (χ4v) is 2.33. The van der Waals surface area contributed by atoms with Gasteiger partial charge in [0, 0.05) is 0 Å². The highest BCUT2D eigenvalue weighted by atomic mass is 14.2. The Balaban J connectivity index is 0.000000240. The van der Waals surface area contributed by atoms with Gasteiger partial charge in [0.2, 0.25) is 0 Å². The van der Waals surface area contributed by atoms with E-state index in [-0.39, 0.29) is 0 Å². The van der Waals surface area contributed by atoms with E-state index < -0.39 is 0 Å². The summed E-state index contributed by atoms with van der Waals surface area (Å²) in [5.41, 5.74) is 3.81. The largest absolute Gasteiger partial charge is 0.0622 e. The molecular formula is C24H36. The van der Waals surface area contributed by atoms with Crippen LogP contribution in [0, 0.1) is 10.8 Å². The van der Waals surface area contributed by atoms with Gasteiger partial charge < -0.3 is 0 Å². The lowest BCUT2D eigenvalue weighted by molar-refractivity contribution is 0.378. The highest BCUT2D eigenvalue weighted by Crippen LogP contribution is 2.21. The summed E-state index contributed by atoms with van der Waals surface area (Å²) in [5.74, 6) is 0. The van der Waals surface area contributed by atoms with Gasteiger partial charge in [-0.2, -0.15) is 0 Å². The highest BCUT2D eigenvalue weighted by Gasteiger charge is 2.09. The first kappa shape index (κ1) is 20.5. The summed E-state index contributed by atoms with van der Waals surface area (Å²) in [5, 5.41) is 0. The molecule has 0 saturated heterocycles. The fourth-order valence-electron chi connectivity index (χ4n) is 2.33. The lowest BCUT2D eigenvalue weighted by atomic mass is 9.89. The van der Waals surface area contributed by atoms with Crippen LogP contribution in [0.4, 0.5) is 0 Å². The predicted octanol–water partition coefficient (Wildman–Crippen LogP) is 7.33. The van der Waals surface area contributed by atoms with Crippen LogP contribution >= 0.6 is 0 Å². The Kier molecular flexibility index (Phi) is 8.25. The molecular weight excluding hydrogens is 288 g/mol. The van der Waals surface area contributed by atoms with Crippen molar-refractivity contribution in [3.05, 3.63) is 71.8 Å². The quantitative estimate of drug-likeness (QED) is 0.552. The van der Waals surface area contributed by atoms with Crippen LogP contribution in [0.5, 0.6) is 0 Å². The van der Waals surface area contributed by atoms with Gasteiger partial charge in [0.05, 0.1) is 0 Å². The van der Waals surface area contributed by atoms with E-state index in [0.717, 1.165) is 0 Å². The summed E-state index contributed by atoms with van der Waals surface area (Å²) in [6.45, 7) is 13.7. The second-order valence-corrected chi connectivity index (χ2v) is 9.09. The number of aryl methyl sites for hydroxylation is 2. The lowest BCUT2D eigenvalue weighted by Gasteiger charge is -2.17. The van der Waals surface area contributed by atoms with Crippen molar-refractivity contribution in [3.63, 3.8) is 0 Å². The first-order valence-corrected chi connectivity index (χ1v) is 9.24. The maximum atomic E-state index is 2.29. The van der Waals surface area contributed by atoms with Crippen LogP contribution in [-0.2, 0) is 12.8 Å². The van der Waals surface area contributed by atoms with E-state index >= 15 is 0 Å². The van der Waals surface area contributed by atoms with Gasteiger partial charge in [0.15, 0.2) is 0 Å². The standard InChI is InChI=1S/2C12H18/c2*1-12(2,3)10-9-11-7-5-4-6-8-11/h2*4-8H,9-10H2,1-3H3. The maximum Gasteiger partial charge on any atom is -0.0274 e. The molecule has 0 aliphatic heterocycles. The van der Waals surface area contributed by atoms with Crippen LogP contribution in [0.15, 0.2) is 60.7 Å². The number of rotatable bonds is 4. The van der Waals surface area contributed by atoms with Crippen molar-refractivity contribution in [2.75, 3.05) is 0 Å². The molecule has 2 aromatic carbocycles. The molecule has 0 heterocycles. The molecule has 0 unspecified atom stereocenters. The van der Waals surface area contributed by atoms with Crippen molar-refractivity contribution in [2.24, 2.45) is 10.8 Å². The summed E-state index contributed by atoms with van der Waals surface area (Å²) in [6, 6.07) is 21.4. The molecule has 0 fully saturated rings. The van der Waals surface area contributed by atoms with Crippen LogP contribution in [-0.4, -0.2) is 0 Å². The zero-order valence-corrected chi connectivity index (χ0v) is 16.6. The average molecular weight is 325 g/mol. The molecule has 0 N–H and O–H groups in total. The van der Waals surface area contributed by atoms with Crippen LogP contribution in [0.1, 0.15) is 65.5 Å². The van der Waals surface area contributed by atoms with Gasteiger partial charge in [-0.3, -0.25) is 0 Å². The number of benzene rings is 2. The third-order valence-electron chi connectivity index (χ3n) is 4.01. The molecule has 0 radical (unpaired) electrons. The summed E-state index contributed by atoms with van der Waals surface area (Å²) >= 11 is 0. The van der Waals surface area contributed by atoms with Gasteiger partial charge in [-0.05, 0) is 47.6 Å². The average Bonchev–Trinajstić information content (AvgIpc) is 2.52. The Bertz CT molecular complexity index is 485. The van der Waals surface area contributed by atoms with E-state index in [0.29, 0.717) is 10.8 Å². The third-order valence-corrected chi connectivity index (χ3v) is 4.01. The van der Waals surface area contributed by atoms with Crippen molar-refractivity contribution in [1.29, 1.82) is 0 Å². The second-order valence-electron chi connectivity index (χ2n) is 9.09. The highest BCUT2D eigenvalue weighted by molar-refractivity contribution is 5.15. The van der Waals surface area contributed by atoms with Crippen molar-refractivity contribution in [2.45, 2.75) is 67.2 Å². The molecule has 2 rings (SSSR count). The van der Waals surface area contributed by atoms with Crippen LogP contribution < -0.4 is 0 Å². The van der Waals surface area contributed by atoms with E-state index in [1.54, 1.807) is 0 Å². The van der Waals surface area contributed by atoms with E-state index in [1.165, 1.54) is 36.8 Å². The molecule has 0 amide bonds. The van der Waals surface area contributed by atoms with Gasteiger partial charge >= 0.3 is 0 Å². The first-order valence-electron chi connectivity index (χ1n) is 9.24. The number of hydrogen-bond acceptors (Lipinski definition) is 0. The topological polar surface area (TPSA) is 0 Å². The minimum Gasteiger partial charge on any atom is -0.0622 e. The minimum absolute atomic E-state index is 0.454.